The molecule has 0 aliphatic heterocycles. The third kappa shape index (κ3) is 3.17. The molecule has 1 heterocycles. The lowest BCUT2D eigenvalue weighted by molar-refractivity contribution is 0.459. The summed E-state index contributed by atoms with van der Waals surface area (Å²) in [6, 6.07) is 4.81. The van der Waals surface area contributed by atoms with E-state index >= 15 is 0 Å². The van der Waals surface area contributed by atoms with E-state index in [-0.39, 0.29) is 17.9 Å². The Morgan fingerprint density at radius 2 is 2.05 bits per heavy atom. The van der Waals surface area contributed by atoms with E-state index in [4.69, 9.17) is 4.74 Å². The molecule has 20 heavy (non-hydrogen) atoms. The van der Waals surface area contributed by atoms with Crippen LogP contribution in [-0.2, 0) is 0 Å². The van der Waals surface area contributed by atoms with Crippen molar-refractivity contribution in [1.29, 1.82) is 0 Å². The van der Waals surface area contributed by atoms with Crippen LogP contribution in [0.2, 0.25) is 0 Å². The standard InChI is InChI=1S/C15H20FN3O/c1-10(2)19-9-13(8-18-19)20-15-6-5-12(16)7-14(15)11(3)17-4/h5-11,17H,1-4H3. The van der Waals surface area contributed by atoms with Gasteiger partial charge in [0, 0.05) is 17.6 Å². The van der Waals surface area contributed by atoms with E-state index in [1.807, 2.05) is 38.7 Å². The lowest BCUT2D eigenvalue weighted by Gasteiger charge is -2.15. The van der Waals surface area contributed by atoms with Crippen LogP contribution < -0.4 is 10.1 Å². The maximum absolute atomic E-state index is 13.4. The maximum Gasteiger partial charge on any atom is 0.165 e. The summed E-state index contributed by atoms with van der Waals surface area (Å²) in [7, 11) is 1.83. The molecule has 5 heteroatoms. The molecule has 2 rings (SSSR count). The maximum atomic E-state index is 13.4. The van der Waals surface area contributed by atoms with Crippen molar-refractivity contribution in [3.05, 3.63) is 42.0 Å². The fourth-order valence-electron chi connectivity index (χ4n) is 1.89. The van der Waals surface area contributed by atoms with Gasteiger partial charge < -0.3 is 10.1 Å². The summed E-state index contributed by atoms with van der Waals surface area (Å²) in [6.07, 6.45) is 3.50. The molecule has 0 saturated heterocycles. The average molecular weight is 277 g/mol. The molecule has 1 aromatic heterocycles. The van der Waals surface area contributed by atoms with Crippen LogP contribution in [0.1, 0.15) is 38.4 Å². The first-order chi connectivity index (χ1) is 9.51. The number of nitrogens with zero attached hydrogens (tertiary/aromatic N) is 2. The Morgan fingerprint density at radius 3 is 2.65 bits per heavy atom. The Balaban J connectivity index is 2.27. The van der Waals surface area contributed by atoms with E-state index in [0.717, 1.165) is 5.56 Å². The Labute approximate surface area is 118 Å². The number of hydrogen-bond donors (Lipinski definition) is 1. The Bertz CT molecular complexity index is 580. The number of rotatable bonds is 5. The second-order valence-electron chi connectivity index (χ2n) is 5.04. The minimum atomic E-state index is -0.271. The number of halogens is 1. The van der Waals surface area contributed by atoms with Gasteiger partial charge in [0.25, 0.3) is 0 Å². The smallest absolute Gasteiger partial charge is 0.165 e. The van der Waals surface area contributed by atoms with Crippen LogP contribution in [0.4, 0.5) is 4.39 Å². The number of ether oxygens (including phenoxy) is 1. The summed E-state index contributed by atoms with van der Waals surface area (Å²) < 4.78 is 21.0. The summed E-state index contributed by atoms with van der Waals surface area (Å²) in [6.45, 7) is 6.05. The molecule has 1 N–H and O–H groups in total. The molecule has 0 bridgehead atoms. The molecule has 108 valence electrons. The van der Waals surface area contributed by atoms with Crippen LogP contribution >= 0.6 is 0 Å². The Kier molecular flexibility index (Phi) is 4.39. The van der Waals surface area contributed by atoms with Crippen molar-refractivity contribution in [1.82, 2.24) is 15.1 Å². The van der Waals surface area contributed by atoms with Gasteiger partial charge in [-0.05, 0) is 46.0 Å². The third-order valence-corrected chi connectivity index (χ3v) is 3.21. The zero-order chi connectivity index (χ0) is 14.7. The first-order valence-electron chi connectivity index (χ1n) is 6.70. The molecule has 0 radical (unpaired) electrons. The third-order valence-electron chi connectivity index (χ3n) is 3.21. The zero-order valence-electron chi connectivity index (χ0n) is 12.2. The Hall–Kier alpha value is -1.88. The molecule has 0 aliphatic rings. The number of aromatic nitrogens is 2. The predicted octanol–water partition coefficient (Wildman–Crippen LogP) is 3.68. The van der Waals surface area contributed by atoms with Crippen LogP contribution in [0, 0.1) is 5.82 Å². The molecular weight excluding hydrogens is 257 g/mol. The molecule has 0 saturated carbocycles. The molecular formula is C15H20FN3O. The number of nitrogens with one attached hydrogen (secondary N) is 1. The van der Waals surface area contributed by atoms with Gasteiger partial charge in [0.1, 0.15) is 11.6 Å². The van der Waals surface area contributed by atoms with E-state index < -0.39 is 0 Å². The van der Waals surface area contributed by atoms with Gasteiger partial charge in [-0.2, -0.15) is 5.10 Å². The number of hydrogen-bond acceptors (Lipinski definition) is 3. The van der Waals surface area contributed by atoms with Crippen LogP contribution in [0.3, 0.4) is 0 Å². The van der Waals surface area contributed by atoms with Gasteiger partial charge in [0.15, 0.2) is 5.75 Å². The van der Waals surface area contributed by atoms with E-state index in [0.29, 0.717) is 11.5 Å². The zero-order valence-corrected chi connectivity index (χ0v) is 12.2. The van der Waals surface area contributed by atoms with Crippen LogP contribution in [0.5, 0.6) is 11.5 Å². The van der Waals surface area contributed by atoms with Gasteiger partial charge in [-0.25, -0.2) is 4.39 Å². The van der Waals surface area contributed by atoms with Gasteiger partial charge in [0.05, 0.1) is 12.4 Å². The molecule has 0 amide bonds. The second-order valence-corrected chi connectivity index (χ2v) is 5.04. The summed E-state index contributed by atoms with van der Waals surface area (Å²) in [5.41, 5.74) is 0.782. The van der Waals surface area contributed by atoms with Crippen LogP contribution in [0.25, 0.3) is 0 Å². The quantitative estimate of drug-likeness (QED) is 0.906. The molecule has 0 spiro atoms. The first kappa shape index (κ1) is 14.5. The van der Waals surface area contributed by atoms with Gasteiger partial charge in [-0.1, -0.05) is 0 Å². The largest absolute Gasteiger partial charge is 0.454 e. The van der Waals surface area contributed by atoms with Crippen LogP contribution in [0.15, 0.2) is 30.6 Å². The van der Waals surface area contributed by atoms with Crippen molar-refractivity contribution in [3.63, 3.8) is 0 Å². The first-order valence-corrected chi connectivity index (χ1v) is 6.70. The van der Waals surface area contributed by atoms with Gasteiger partial charge in [-0.15, -0.1) is 0 Å². The topological polar surface area (TPSA) is 39.1 Å². The summed E-state index contributed by atoms with van der Waals surface area (Å²) >= 11 is 0. The van der Waals surface area contributed by atoms with E-state index in [1.165, 1.54) is 12.1 Å². The lowest BCUT2D eigenvalue weighted by Crippen LogP contribution is -2.13. The summed E-state index contributed by atoms with van der Waals surface area (Å²) in [4.78, 5) is 0. The highest BCUT2D eigenvalue weighted by molar-refractivity contribution is 5.39. The molecule has 2 aromatic rings. The Morgan fingerprint density at radius 1 is 1.30 bits per heavy atom. The van der Waals surface area contributed by atoms with E-state index in [1.54, 1.807) is 12.3 Å². The van der Waals surface area contributed by atoms with E-state index in [9.17, 15) is 4.39 Å². The highest BCUT2D eigenvalue weighted by Gasteiger charge is 2.13. The average Bonchev–Trinajstić information content (AvgIpc) is 2.88. The molecule has 4 nitrogen and oxygen atoms in total. The van der Waals surface area contributed by atoms with Crippen molar-refractivity contribution in [3.8, 4) is 11.5 Å². The van der Waals surface area contributed by atoms with Gasteiger partial charge in [0.2, 0.25) is 0 Å². The minimum Gasteiger partial charge on any atom is -0.454 e. The van der Waals surface area contributed by atoms with Crippen molar-refractivity contribution in [2.24, 2.45) is 0 Å². The molecule has 1 atom stereocenters. The van der Waals surface area contributed by atoms with E-state index in [2.05, 4.69) is 10.4 Å². The molecule has 1 unspecified atom stereocenters. The molecule has 0 fully saturated rings. The highest BCUT2D eigenvalue weighted by atomic mass is 19.1. The second kappa shape index (κ2) is 6.05. The van der Waals surface area contributed by atoms with Crippen molar-refractivity contribution < 1.29 is 9.13 Å². The molecule has 1 aromatic carbocycles. The summed E-state index contributed by atoms with van der Waals surface area (Å²) in [5.74, 6) is 1.01. The van der Waals surface area contributed by atoms with Crippen molar-refractivity contribution >= 4 is 0 Å². The SMILES string of the molecule is CNC(C)c1cc(F)ccc1Oc1cnn(C(C)C)c1. The van der Waals surface area contributed by atoms with Crippen molar-refractivity contribution in [2.45, 2.75) is 32.9 Å². The summed E-state index contributed by atoms with van der Waals surface area (Å²) in [5, 5.41) is 7.32. The fourth-order valence-corrected chi connectivity index (χ4v) is 1.89. The lowest BCUT2D eigenvalue weighted by atomic mass is 10.1. The normalized spacial score (nSPS) is 12.7. The van der Waals surface area contributed by atoms with Crippen LogP contribution in [-0.4, -0.2) is 16.8 Å². The minimum absolute atomic E-state index is 0.000781. The predicted molar refractivity (Wildman–Crippen MR) is 76.6 cm³/mol. The monoisotopic (exact) mass is 277 g/mol. The fraction of sp³-hybridized carbons (Fsp3) is 0.400. The molecule has 0 aliphatic carbocycles. The number of benzene rings is 1. The van der Waals surface area contributed by atoms with Gasteiger partial charge in [-0.3, -0.25) is 4.68 Å². The van der Waals surface area contributed by atoms with Gasteiger partial charge >= 0.3 is 0 Å². The van der Waals surface area contributed by atoms with Crippen molar-refractivity contribution in [2.75, 3.05) is 7.05 Å². The highest BCUT2D eigenvalue weighted by Crippen LogP contribution is 2.30.